The van der Waals surface area contributed by atoms with Crippen LogP contribution in [0.25, 0.3) is 0 Å². The number of unbranched alkanes of at least 4 members (excludes halogenated alkanes) is 12. The Balaban J connectivity index is -0.000000592. The Morgan fingerprint density at radius 1 is 0.720 bits per heavy atom. The number of hydrogen-bond acceptors (Lipinski definition) is 4. The van der Waals surface area contributed by atoms with E-state index in [1.807, 2.05) is 0 Å². The van der Waals surface area contributed by atoms with E-state index in [9.17, 15) is 4.79 Å². The quantitative estimate of drug-likeness (QED) is 0.198. The predicted molar refractivity (Wildman–Crippen MR) is 107 cm³/mol. The monoisotopic (exact) mass is 488 g/mol. The molecule has 0 rings (SSSR count). The molecule has 0 radical (unpaired) electrons. The van der Waals surface area contributed by atoms with Gasteiger partial charge < -0.3 is 20.4 Å². The van der Waals surface area contributed by atoms with Gasteiger partial charge in [-0.25, -0.2) is 0 Å². The molecule has 0 spiro atoms. The van der Waals surface area contributed by atoms with Crippen molar-refractivity contribution >= 4 is 54.9 Å². The molecular formula is C19H42BaO5. The van der Waals surface area contributed by atoms with Crippen LogP contribution in [0.4, 0.5) is 0 Å². The second-order valence-electron chi connectivity index (χ2n) is 6.41. The van der Waals surface area contributed by atoms with Crippen molar-refractivity contribution in [1.29, 1.82) is 0 Å². The Labute approximate surface area is 194 Å². The van der Waals surface area contributed by atoms with E-state index < -0.39 is 12.1 Å². The summed E-state index contributed by atoms with van der Waals surface area (Å²) in [6.07, 6.45) is 16.3. The molecule has 0 aromatic heterocycles. The molecule has 0 aromatic carbocycles. The third-order valence-corrected chi connectivity index (χ3v) is 3.92. The van der Waals surface area contributed by atoms with Crippen LogP contribution in [0.15, 0.2) is 0 Å². The number of carbonyl (C=O) groups is 1. The molecule has 5 nitrogen and oxygen atoms in total. The summed E-state index contributed by atoms with van der Waals surface area (Å²) in [5.74, 6) is -0.655. The Morgan fingerprint density at radius 3 is 1.28 bits per heavy atom. The number of rotatable bonds is 16. The van der Waals surface area contributed by atoms with Gasteiger partial charge in [-0.3, -0.25) is 4.79 Å². The summed E-state index contributed by atoms with van der Waals surface area (Å²) in [6, 6.07) is 0. The van der Waals surface area contributed by atoms with Crippen molar-refractivity contribution in [1.82, 2.24) is 0 Å². The van der Waals surface area contributed by atoms with Crippen LogP contribution in [-0.4, -0.2) is 94.6 Å². The fourth-order valence-electron chi connectivity index (χ4n) is 2.35. The van der Waals surface area contributed by atoms with Crippen LogP contribution in [0, 0.1) is 0 Å². The molecule has 0 aliphatic carbocycles. The van der Waals surface area contributed by atoms with Crippen molar-refractivity contribution in [2.75, 3.05) is 13.2 Å². The van der Waals surface area contributed by atoms with E-state index in [1.54, 1.807) is 0 Å². The van der Waals surface area contributed by atoms with Gasteiger partial charge in [0.05, 0.1) is 13.2 Å². The van der Waals surface area contributed by atoms with Gasteiger partial charge in [0.2, 0.25) is 0 Å². The molecule has 0 bridgehead atoms. The fraction of sp³-hybridized carbons (Fsp3) is 0.947. The molecule has 0 fully saturated rings. The maximum atomic E-state index is 10.3. The van der Waals surface area contributed by atoms with Crippen LogP contribution in [0.2, 0.25) is 0 Å². The summed E-state index contributed by atoms with van der Waals surface area (Å²) in [7, 11) is 0. The Kier molecular flexibility index (Phi) is 33.3. The van der Waals surface area contributed by atoms with E-state index >= 15 is 0 Å². The third kappa shape index (κ3) is 33.0. The fourth-order valence-corrected chi connectivity index (χ4v) is 2.35. The van der Waals surface area contributed by atoms with Gasteiger partial charge in [0, 0.05) is 6.42 Å². The van der Waals surface area contributed by atoms with Crippen molar-refractivity contribution in [3.8, 4) is 0 Å². The van der Waals surface area contributed by atoms with Crippen LogP contribution in [0.1, 0.15) is 96.8 Å². The molecule has 6 heteroatoms. The van der Waals surface area contributed by atoms with Gasteiger partial charge in [-0.1, -0.05) is 84.0 Å². The molecule has 0 aliphatic rings. The predicted octanol–water partition coefficient (Wildman–Crippen LogP) is 2.97. The van der Waals surface area contributed by atoms with Gasteiger partial charge in [-0.05, 0) is 6.42 Å². The summed E-state index contributed by atoms with van der Waals surface area (Å²) in [5.41, 5.74) is 0. The van der Waals surface area contributed by atoms with Crippen molar-refractivity contribution in [3.05, 3.63) is 0 Å². The van der Waals surface area contributed by atoms with Crippen LogP contribution in [-0.2, 0) is 4.79 Å². The first-order valence-electron chi connectivity index (χ1n) is 9.70. The Hall–Kier alpha value is 0.921. The molecule has 0 unspecified atom stereocenters. The van der Waals surface area contributed by atoms with Crippen LogP contribution < -0.4 is 0 Å². The Morgan fingerprint density at radius 2 is 1.04 bits per heavy atom. The third-order valence-electron chi connectivity index (χ3n) is 3.92. The summed E-state index contributed by atoms with van der Waals surface area (Å²) in [4.78, 5) is 10.3. The first kappa shape index (κ1) is 30.6. The van der Waals surface area contributed by atoms with Crippen molar-refractivity contribution in [2.45, 2.75) is 103 Å². The average molecular weight is 488 g/mol. The van der Waals surface area contributed by atoms with Gasteiger partial charge in [0.15, 0.2) is 0 Å². The van der Waals surface area contributed by atoms with E-state index in [2.05, 4.69) is 6.92 Å². The first-order valence-corrected chi connectivity index (χ1v) is 9.70. The molecule has 25 heavy (non-hydrogen) atoms. The second-order valence-corrected chi connectivity index (χ2v) is 6.41. The average Bonchev–Trinajstić information content (AvgIpc) is 2.58. The number of aliphatic hydroxyl groups excluding tert-OH is 3. The summed E-state index contributed by atoms with van der Waals surface area (Å²) in [6.45, 7) is 1.53. The van der Waals surface area contributed by atoms with Gasteiger partial charge in [-0.2, -0.15) is 0 Å². The molecule has 0 aromatic rings. The maximum absolute atomic E-state index is 10.3. The van der Waals surface area contributed by atoms with Gasteiger partial charge in [0.1, 0.15) is 6.10 Å². The second kappa shape index (κ2) is 27.1. The molecular weight excluding hydrogens is 446 g/mol. The molecule has 0 amide bonds. The Bertz CT molecular complexity index is 248. The van der Waals surface area contributed by atoms with E-state index in [0.29, 0.717) is 6.42 Å². The molecule has 150 valence electrons. The SMILES string of the molecule is CCCCCCCCCCCCCCCC(=O)O.OCC(O)CO.[BaH2]. The minimum atomic E-state index is -0.954. The molecule has 0 saturated heterocycles. The molecule has 4 N–H and O–H groups in total. The van der Waals surface area contributed by atoms with Gasteiger partial charge >= 0.3 is 54.9 Å². The van der Waals surface area contributed by atoms with E-state index in [0.717, 1.165) is 12.8 Å². The van der Waals surface area contributed by atoms with Gasteiger partial charge in [0.25, 0.3) is 0 Å². The van der Waals surface area contributed by atoms with Crippen LogP contribution in [0.5, 0.6) is 0 Å². The van der Waals surface area contributed by atoms with E-state index in [-0.39, 0.29) is 62.1 Å². The van der Waals surface area contributed by atoms with Crippen molar-refractivity contribution in [2.24, 2.45) is 0 Å². The summed E-state index contributed by atoms with van der Waals surface area (Å²) in [5, 5.41) is 32.5. The minimum absolute atomic E-state index is 0. The number of aliphatic hydroxyl groups is 3. The topological polar surface area (TPSA) is 98.0 Å². The molecule has 0 saturated carbocycles. The van der Waals surface area contributed by atoms with Crippen molar-refractivity contribution in [3.63, 3.8) is 0 Å². The van der Waals surface area contributed by atoms with E-state index in [1.165, 1.54) is 70.6 Å². The number of carboxylic acids is 1. The van der Waals surface area contributed by atoms with Crippen LogP contribution >= 0.6 is 0 Å². The van der Waals surface area contributed by atoms with Crippen molar-refractivity contribution < 1.29 is 25.2 Å². The van der Waals surface area contributed by atoms with E-state index in [4.69, 9.17) is 20.4 Å². The molecule has 0 aliphatic heterocycles. The molecule has 0 atom stereocenters. The zero-order chi connectivity index (χ0) is 18.5. The zero-order valence-corrected chi connectivity index (χ0v) is 15.6. The normalized spacial score (nSPS) is 10.1. The number of carboxylic acid groups (broad SMARTS) is 1. The first-order chi connectivity index (χ1) is 11.6. The summed E-state index contributed by atoms with van der Waals surface area (Å²) < 4.78 is 0. The number of aliphatic carboxylic acids is 1. The summed E-state index contributed by atoms with van der Waals surface area (Å²) >= 11 is 0. The van der Waals surface area contributed by atoms with Gasteiger partial charge in [-0.15, -0.1) is 0 Å². The van der Waals surface area contributed by atoms with Crippen LogP contribution in [0.3, 0.4) is 0 Å². The number of hydrogen-bond donors (Lipinski definition) is 4. The zero-order valence-electron chi connectivity index (χ0n) is 15.6. The molecule has 0 heterocycles. The standard InChI is InChI=1S/C16H32O2.C3H8O3.Ba.2H/c1-2-3-4-5-6-7-8-9-10-11-12-13-14-15-16(17)18;4-1-3(6)2-5;;;/h2-15H2,1H3,(H,17,18);3-6H,1-2H2;;;.